The molecule has 0 aromatic heterocycles. The van der Waals surface area contributed by atoms with Crippen molar-refractivity contribution in [3.8, 4) is 0 Å². The first-order valence-electron chi connectivity index (χ1n) is 29.9. The first-order valence-corrected chi connectivity index (χ1v) is 29.9. The average molecular weight is 933 g/mol. The summed E-state index contributed by atoms with van der Waals surface area (Å²) in [7, 11) is 0. The minimum Gasteiger partial charge on any atom is -0.466 e. The second-order valence-corrected chi connectivity index (χ2v) is 20.7. The first-order chi connectivity index (χ1) is 32.5. The molecule has 2 atom stereocenters. The van der Waals surface area contributed by atoms with Crippen LogP contribution in [0.2, 0.25) is 0 Å². The predicted octanol–water partition coefficient (Wildman–Crippen LogP) is 18.5. The third-order valence-corrected chi connectivity index (χ3v) is 14.1. The zero-order valence-electron chi connectivity index (χ0n) is 44.7. The molecule has 0 rings (SSSR count). The van der Waals surface area contributed by atoms with Crippen LogP contribution < -0.4 is 5.32 Å². The van der Waals surface area contributed by atoms with Gasteiger partial charge in [0.25, 0.3) is 0 Å². The van der Waals surface area contributed by atoms with Crippen molar-refractivity contribution in [2.24, 2.45) is 0 Å². The van der Waals surface area contributed by atoms with Gasteiger partial charge in [-0.15, -0.1) is 0 Å². The standard InChI is InChI=1S/C60H117NO5/c1-3-5-7-9-11-13-15-17-18-19-20-23-26-29-32-36-40-44-48-52-58(63)57(56-62)61-59(64)53-49-45-41-37-33-30-27-24-21-22-25-28-31-35-39-43-47-51-55-66-60(65)54-50-46-42-38-34-16-14-12-10-8-6-4-2/h24,27,57-58,62-63H,3-23,25-26,28-56H2,1-2H3,(H,61,64)/b27-24-. The maximum absolute atomic E-state index is 12.5. The molecule has 0 heterocycles. The molecule has 0 saturated carbocycles. The van der Waals surface area contributed by atoms with Crippen molar-refractivity contribution in [3.05, 3.63) is 12.2 Å². The lowest BCUT2D eigenvalue weighted by Crippen LogP contribution is -2.45. The van der Waals surface area contributed by atoms with Crippen LogP contribution in [0.5, 0.6) is 0 Å². The van der Waals surface area contributed by atoms with E-state index in [0.717, 1.165) is 57.8 Å². The van der Waals surface area contributed by atoms with Crippen molar-refractivity contribution in [1.82, 2.24) is 5.32 Å². The highest BCUT2D eigenvalue weighted by Gasteiger charge is 2.20. The van der Waals surface area contributed by atoms with Gasteiger partial charge in [-0.3, -0.25) is 9.59 Å². The molecule has 0 aromatic rings. The highest BCUT2D eigenvalue weighted by molar-refractivity contribution is 5.76. The van der Waals surface area contributed by atoms with Gasteiger partial charge in [-0.2, -0.15) is 0 Å². The summed E-state index contributed by atoms with van der Waals surface area (Å²) in [5, 5.41) is 23.3. The average Bonchev–Trinajstić information content (AvgIpc) is 3.32. The normalized spacial score (nSPS) is 12.6. The van der Waals surface area contributed by atoms with E-state index in [1.165, 1.54) is 244 Å². The van der Waals surface area contributed by atoms with Gasteiger partial charge in [0.15, 0.2) is 0 Å². The van der Waals surface area contributed by atoms with Gasteiger partial charge in [-0.05, 0) is 51.4 Å². The number of unbranched alkanes of at least 4 members (excludes halogenated alkanes) is 43. The quantitative estimate of drug-likeness (QED) is 0.0321. The van der Waals surface area contributed by atoms with E-state index in [4.69, 9.17) is 4.74 Å². The molecule has 6 nitrogen and oxygen atoms in total. The molecule has 3 N–H and O–H groups in total. The smallest absolute Gasteiger partial charge is 0.305 e. The minimum atomic E-state index is -0.672. The van der Waals surface area contributed by atoms with Crippen molar-refractivity contribution in [3.63, 3.8) is 0 Å². The third kappa shape index (κ3) is 52.0. The molecule has 0 aliphatic rings. The fourth-order valence-electron chi connectivity index (χ4n) is 9.46. The molecule has 0 aliphatic carbocycles. The van der Waals surface area contributed by atoms with Crippen LogP contribution in [0.3, 0.4) is 0 Å². The number of esters is 1. The fraction of sp³-hybridized carbons (Fsp3) is 0.933. The zero-order chi connectivity index (χ0) is 47.9. The Morgan fingerprint density at radius 3 is 1.08 bits per heavy atom. The topological polar surface area (TPSA) is 95.9 Å². The molecule has 0 aliphatic heterocycles. The molecule has 2 unspecified atom stereocenters. The SMILES string of the molecule is CCCCCCCCCCCCCCCCCCCCCC(O)C(CO)NC(=O)CCCCCCC/C=C\CCCCCCCCCCCOC(=O)CCCCCCCCCCCCCC. The fourth-order valence-corrected chi connectivity index (χ4v) is 9.46. The van der Waals surface area contributed by atoms with E-state index in [0.29, 0.717) is 25.9 Å². The van der Waals surface area contributed by atoms with Gasteiger partial charge in [0.2, 0.25) is 5.91 Å². The summed E-state index contributed by atoms with van der Waals surface area (Å²) < 4.78 is 5.46. The summed E-state index contributed by atoms with van der Waals surface area (Å²) in [5.74, 6) is -0.0416. The maximum Gasteiger partial charge on any atom is 0.305 e. The molecule has 1 amide bonds. The van der Waals surface area contributed by atoms with Crippen LogP contribution in [0.15, 0.2) is 12.2 Å². The van der Waals surface area contributed by atoms with Crippen LogP contribution in [-0.4, -0.2) is 47.4 Å². The van der Waals surface area contributed by atoms with Gasteiger partial charge >= 0.3 is 5.97 Å². The Labute approximate surface area is 412 Å². The first kappa shape index (κ1) is 64.6. The van der Waals surface area contributed by atoms with Crippen molar-refractivity contribution >= 4 is 11.9 Å². The second kappa shape index (κ2) is 56.2. The van der Waals surface area contributed by atoms with Crippen molar-refractivity contribution in [2.45, 2.75) is 347 Å². The lowest BCUT2D eigenvalue weighted by Gasteiger charge is -2.22. The number of aliphatic hydroxyl groups is 2. The number of carbonyl (C=O) groups excluding carboxylic acids is 2. The van der Waals surface area contributed by atoms with Crippen molar-refractivity contribution < 1.29 is 24.5 Å². The Hall–Kier alpha value is -1.40. The maximum atomic E-state index is 12.5. The number of allylic oxidation sites excluding steroid dienone is 2. The number of hydrogen-bond acceptors (Lipinski definition) is 5. The van der Waals surface area contributed by atoms with E-state index in [1.54, 1.807) is 0 Å². The van der Waals surface area contributed by atoms with E-state index < -0.39 is 12.1 Å². The molecule has 392 valence electrons. The van der Waals surface area contributed by atoms with Gasteiger partial charge in [0.05, 0.1) is 25.4 Å². The van der Waals surface area contributed by atoms with E-state index in [1.807, 2.05) is 0 Å². The molecule has 0 aromatic carbocycles. The molecule has 6 heteroatoms. The number of amides is 1. The third-order valence-electron chi connectivity index (χ3n) is 14.1. The molecule has 66 heavy (non-hydrogen) atoms. The summed E-state index contributed by atoms with van der Waals surface area (Å²) in [6, 6.07) is -0.551. The Morgan fingerprint density at radius 1 is 0.409 bits per heavy atom. The van der Waals surface area contributed by atoms with Crippen LogP contribution in [0.25, 0.3) is 0 Å². The van der Waals surface area contributed by atoms with Gasteiger partial charge in [0, 0.05) is 12.8 Å². The molecule has 0 bridgehead atoms. The lowest BCUT2D eigenvalue weighted by molar-refractivity contribution is -0.143. The van der Waals surface area contributed by atoms with Crippen LogP contribution in [-0.2, 0) is 14.3 Å². The van der Waals surface area contributed by atoms with Gasteiger partial charge < -0.3 is 20.3 Å². The number of hydrogen-bond donors (Lipinski definition) is 3. The molecule has 0 fully saturated rings. The highest BCUT2D eigenvalue weighted by Crippen LogP contribution is 2.18. The number of carbonyl (C=O) groups is 2. The van der Waals surface area contributed by atoms with E-state index >= 15 is 0 Å². The van der Waals surface area contributed by atoms with Crippen LogP contribution >= 0.6 is 0 Å². The van der Waals surface area contributed by atoms with E-state index in [-0.39, 0.29) is 18.5 Å². The molecule has 0 saturated heterocycles. The molecule has 0 spiro atoms. The number of aliphatic hydroxyl groups excluding tert-OH is 2. The molecule has 0 radical (unpaired) electrons. The second-order valence-electron chi connectivity index (χ2n) is 20.7. The van der Waals surface area contributed by atoms with E-state index in [9.17, 15) is 19.8 Å². The summed E-state index contributed by atoms with van der Waals surface area (Å²) >= 11 is 0. The Balaban J connectivity index is 3.45. The summed E-state index contributed by atoms with van der Waals surface area (Å²) in [4.78, 5) is 24.5. The largest absolute Gasteiger partial charge is 0.466 e. The van der Waals surface area contributed by atoms with Crippen molar-refractivity contribution in [1.29, 1.82) is 0 Å². The van der Waals surface area contributed by atoms with Gasteiger partial charge in [0.1, 0.15) is 0 Å². The van der Waals surface area contributed by atoms with Crippen molar-refractivity contribution in [2.75, 3.05) is 13.2 Å². The molecular weight excluding hydrogens is 815 g/mol. The van der Waals surface area contributed by atoms with Crippen LogP contribution in [0, 0.1) is 0 Å². The zero-order valence-corrected chi connectivity index (χ0v) is 44.7. The highest BCUT2D eigenvalue weighted by atomic mass is 16.5. The number of nitrogens with one attached hydrogen (secondary N) is 1. The number of rotatable bonds is 56. The lowest BCUT2D eigenvalue weighted by atomic mass is 10.0. The summed E-state index contributed by atoms with van der Waals surface area (Å²) in [6.45, 7) is 4.96. The Kier molecular flexibility index (Phi) is 55.0. The minimum absolute atomic E-state index is 0.00439. The number of ether oxygens (including phenoxy) is 1. The van der Waals surface area contributed by atoms with E-state index in [2.05, 4.69) is 31.3 Å². The monoisotopic (exact) mass is 932 g/mol. The summed E-state index contributed by atoms with van der Waals surface area (Å²) in [6.07, 6.45) is 66.3. The van der Waals surface area contributed by atoms with Crippen LogP contribution in [0.1, 0.15) is 335 Å². The van der Waals surface area contributed by atoms with Crippen LogP contribution in [0.4, 0.5) is 0 Å². The molecular formula is C60H117NO5. The summed E-state index contributed by atoms with van der Waals surface area (Å²) in [5.41, 5.74) is 0. The Bertz CT molecular complexity index is 986. The van der Waals surface area contributed by atoms with Gasteiger partial charge in [-0.25, -0.2) is 0 Å². The predicted molar refractivity (Wildman–Crippen MR) is 287 cm³/mol. The Morgan fingerprint density at radius 2 is 0.712 bits per heavy atom. The van der Waals surface area contributed by atoms with Gasteiger partial charge in [-0.1, -0.05) is 283 Å².